The van der Waals surface area contributed by atoms with Crippen LogP contribution in [0.4, 0.5) is 0 Å². The van der Waals surface area contributed by atoms with E-state index >= 15 is 0 Å². The van der Waals surface area contributed by atoms with Crippen molar-refractivity contribution in [2.75, 3.05) is 6.54 Å². The van der Waals surface area contributed by atoms with Gasteiger partial charge in [0.2, 0.25) is 0 Å². The molecular weight excluding hydrogens is 212 g/mol. The molecule has 1 aromatic carbocycles. The lowest BCUT2D eigenvalue weighted by Gasteiger charge is -2.10. The molecular formula is C14H20N2O. The Labute approximate surface area is 102 Å². The Morgan fingerprint density at radius 1 is 1.35 bits per heavy atom. The van der Waals surface area contributed by atoms with Gasteiger partial charge in [-0.25, -0.2) is 0 Å². The highest BCUT2D eigenvalue weighted by Gasteiger charge is 2.04. The summed E-state index contributed by atoms with van der Waals surface area (Å²) in [4.78, 5) is 3.25. The number of aliphatic hydroxyl groups is 1. The lowest BCUT2D eigenvalue weighted by molar-refractivity contribution is 0.160. The van der Waals surface area contributed by atoms with Crippen LogP contribution in [0, 0.1) is 0 Å². The highest BCUT2D eigenvalue weighted by atomic mass is 16.3. The van der Waals surface area contributed by atoms with Gasteiger partial charge in [0.05, 0.1) is 6.10 Å². The Bertz CT molecular complexity index is 464. The predicted molar refractivity (Wildman–Crippen MR) is 70.9 cm³/mol. The summed E-state index contributed by atoms with van der Waals surface area (Å²) in [6.07, 6.45) is 3.69. The quantitative estimate of drug-likeness (QED) is 0.716. The zero-order valence-corrected chi connectivity index (χ0v) is 10.2. The summed E-state index contributed by atoms with van der Waals surface area (Å²) < 4.78 is 0. The molecule has 1 unspecified atom stereocenters. The fourth-order valence-corrected chi connectivity index (χ4v) is 2.09. The third kappa shape index (κ3) is 3.08. The number of hydrogen-bond acceptors (Lipinski definition) is 2. The number of nitrogens with one attached hydrogen (secondary N) is 2. The van der Waals surface area contributed by atoms with Crippen LogP contribution in [0.15, 0.2) is 30.5 Å². The molecule has 2 rings (SSSR count). The van der Waals surface area contributed by atoms with Gasteiger partial charge in [-0.2, -0.15) is 0 Å². The summed E-state index contributed by atoms with van der Waals surface area (Å²) >= 11 is 0. The largest absolute Gasteiger partial charge is 0.392 e. The van der Waals surface area contributed by atoms with Crippen molar-refractivity contribution in [3.63, 3.8) is 0 Å². The highest BCUT2D eigenvalue weighted by Crippen LogP contribution is 2.17. The topological polar surface area (TPSA) is 48.0 Å². The second-order valence-corrected chi connectivity index (χ2v) is 4.43. The lowest BCUT2D eigenvalue weighted by Crippen LogP contribution is -2.26. The first-order valence-electron chi connectivity index (χ1n) is 6.25. The van der Waals surface area contributed by atoms with Gasteiger partial charge in [0, 0.05) is 30.2 Å². The second-order valence-electron chi connectivity index (χ2n) is 4.43. The van der Waals surface area contributed by atoms with Crippen molar-refractivity contribution >= 4 is 10.9 Å². The van der Waals surface area contributed by atoms with Gasteiger partial charge >= 0.3 is 0 Å². The van der Waals surface area contributed by atoms with Crippen molar-refractivity contribution in [3.05, 3.63) is 36.0 Å². The number of aromatic amines is 1. The van der Waals surface area contributed by atoms with E-state index in [1.54, 1.807) is 0 Å². The number of fused-ring (bicyclic) bond motifs is 1. The molecule has 0 fully saturated rings. The third-order valence-electron chi connectivity index (χ3n) is 2.99. The molecule has 0 amide bonds. The number of H-pyrrole nitrogens is 1. The molecule has 0 aliphatic carbocycles. The van der Waals surface area contributed by atoms with E-state index in [0.29, 0.717) is 6.54 Å². The number of aliphatic hydroxyl groups excluding tert-OH is 1. The van der Waals surface area contributed by atoms with E-state index in [-0.39, 0.29) is 6.10 Å². The van der Waals surface area contributed by atoms with E-state index < -0.39 is 0 Å². The molecule has 3 N–H and O–H groups in total. The molecule has 1 heterocycles. The third-order valence-corrected chi connectivity index (χ3v) is 2.99. The van der Waals surface area contributed by atoms with Crippen LogP contribution in [0.25, 0.3) is 10.9 Å². The molecule has 1 aromatic heterocycles. The van der Waals surface area contributed by atoms with Crippen LogP contribution >= 0.6 is 0 Å². The monoisotopic (exact) mass is 232 g/mol. The summed E-state index contributed by atoms with van der Waals surface area (Å²) in [5.41, 5.74) is 2.42. The van der Waals surface area contributed by atoms with Crippen LogP contribution in [-0.2, 0) is 6.54 Å². The van der Waals surface area contributed by atoms with E-state index in [2.05, 4.69) is 29.4 Å². The molecule has 1 atom stereocenters. The first-order chi connectivity index (χ1) is 8.31. The van der Waals surface area contributed by atoms with Crippen molar-refractivity contribution in [2.24, 2.45) is 0 Å². The van der Waals surface area contributed by atoms with Crippen molar-refractivity contribution in [1.82, 2.24) is 10.3 Å². The minimum atomic E-state index is -0.231. The number of hydrogen-bond donors (Lipinski definition) is 3. The maximum Gasteiger partial charge on any atom is 0.0664 e. The van der Waals surface area contributed by atoms with E-state index in [4.69, 9.17) is 0 Å². The summed E-state index contributed by atoms with van der Waals surface area (Å²) in [5, 5.41) is 14.2. The Balaban J connectivity index is 1.91. The van der Waals surface area contributed by atoms with Crippen LogP contribution in [0.3, 0.4) is 0 Å². The van der Waals surface area contributed by atoms with Crippen LogP contribution in [0.1, 0.15) is 25.3 Å². The molecule has 0 bridgehead atoms. The molecule has 3 heteroatoms. The fraction of sp³-hybridized carbons (Fsp3) is 0.429. The molecule has 0 saturated carbocycles. The zero-order valence-electron chi connectivity index (χ0n) is 10.2. The second kappa shape index (κ2) is 5.84. The van der Waals surface area contributed by atoms with E-state index in [9.17, 15) is 5.11 Å². The first kappa shape index (κ1) is 12.1. The minimum absolute atomic E-state index is 0.231. The van der Waals surface area contributed by atoms with Gasteiger partial charge in [-0.05, 0) is 18.1 Å². The Morgan fingerprint density at radius 2 is 2.18 bits per heavy atom. The molecule has 0 radical (unpaired) electrons. The van der Waals surface area contributed by atoms with Crippen molar-refractivity contribution in [1.29, 1.82) is 0 Å². The van der Waals surface area contributed by atoms with Crippen LogP contribution in [0.5, 0.6) is 0 Å². The van der Waals surface area contributed by atoms with Crippen LogP contribution in [0.2, 0.25) is 0 Å². The molecule has 17 heavy (non-hydrogen) atoms. The standard InChI is InChI=1S/C14H20N2O/c1-2-5-12(17)10-15-8-11-9-16-14-7-4-3-6-13(11)14/h3-4,6-7,9,12,15-17H,2,5,8,10H2,1H3. The van der Waals surface area contributed by atoms with Gasteiger partial charge in [-0.15, -0.1) is 0 Å². The Morgan fingerprint density at radius 3 is 3.00 bits per heavy atom. The Kier molecular flexibility index (Phi) is 4.18. The van der Waals surface area contributed by atoms with Crippen molar-refractivity contribution in [3.8, 4) is 0 Å². The predicted octanol–water partition coefficient (Wildman–Crippen LogP) is 2.42. The smallest absolute Gasteiger partial charge is 0.0664 e. The zero-order chi connectivity index (χ0) is 12.1. The van der Waals surface area contributed by atoms with Gasteiger partial charge in [0.25, 0.3) is 0 Å². The van der Waals surface area contributed by atoms with Crippen LogP contribution < -0.4 is 5.32 Å². The maximum atomic E-state index is 9.62. The molecule has 92 valence electrons. The molecule has 0 aliphatic heterocycles. The maximum absolute atomic E-state index is 9.62. The van der Waals surface area contributed by atoms with Gasteiger partial charge in [0.15, 0.2) is 0 Å². The van der Waals surface area contributed by atoms with E-state index in [1.807, 2.05) is 18.3 Å². The van der Waals surface area contributed by atoms with E-state index in [0.717, 1.165) is 19.4 Å². The number of rotatable bonds is 6. The minimum Gasteiger partial charge on any atom is -0.392 e. The number of aromatic nitrogens is 1. The average Bonchev–Trinajstić information content (AvgIpc) is 2.73. The molecule has 3 nitrogen and oxygen atoms in total. The first-order valence-corrected chi connectivity index (χ1v) is 6.25. The van der Waals surface area contributed by atoms with Crippen molar-refractivity contribution in [2.45, 2.75) is 32.4 Å². The van der Waals surface area contributed by atoms with Gasteiger partial charge in [-0.1, -0.05) is 31.5 Å². The SMILES string of the molecule is CCCC(O)CNCc1c[nH]c2ccccc12. The van der Waals surface area contributed by atoms with Crippen LogP contribution in [-0.4, -0.2) is 22.7 Å². The van der Waals surface area contributed by atoms with Gasteiger partial charge in [-0.3, -0.25) is 0 Å². The summed E-state index contributed by atoms with van der Waals surface area (Å²) in [7, 11) is 0. The molecule has 0 spiro atoms. The fourth-order valence-electron chi connectivity index (χ4n) is 2.09. The number of benzene rings is 1. The Hall–Kier alpha value is -1.32. The molecule has 0 aliphatic rings. The summed E-state index contributed by atoms with van der Waals surface area (Å²) in [6, 6.07) is 8.27. The lowest BCUT2D eigenvalue weighted by atomic mass is 10.1. The normalized spacial score (nSPS) is 13.1. The summed E-state index contributed by atoms with van der Waals surface area (Å²) in [6.45, 7) is 3.54. The molecule has 2 aromatic rings. The summed E-state index contributed by atoms with van der Waals surface area (Å²) in [5.74, 6) is 0. The van der Waals surface area contributed by atoms with Gasteiger partial charge < -0.3 is 15.4 Å². The highest BCUT2D eigenvalue weighted by molar-refractivity contribution is 5.82. The molecule has 0 saturated heterocycles. The van der Waals surface area contributed by atoms with Gasteiger partial charge in [0.1, 0.15) is 0 Å². The van der Waals surface area contributed by atoms with Crippen molar-refractivity contribution < 1.29 is 5.11 Å². The average molecular weight is 232 g/mol. The van der Waals surface area contributed by atoms with E-state index in [1.165, 1.54) is 16.5 Å². The number of para-hydroxylation sites is 1.